The number of fused-ring (bicyclic) bond motifs is 3. The highest BCUT2D eigenvalue weighted by Crippen LogP contribution is 2.42. The molecule has 0 radical (unpaired) electrons. The van der Waals surface area contributed by atoms with Crippen molar-refractivity contribution in [1.82, 2.24) is 4.57 Å². The molecule has 50 heavy (non-hydrogen) atoms. The Morgan fingerprint density at radius 2 is 1.06 bits per heavy atom. The van der Waals surface area contributed by atoms with Gasteiger partial charge in [-0.25, -0.2) is 0 Å². The molecule has 268 valence electrons. The van der Waals surface area contributed by atoms with Gasteiger partial charge in [-0.2, -0.15) is 0 Å². The van der Waals surface area contributed by atoms with Gasteiger partial charge in [0.15, 0.2) is 0 Å². The summed E-state index contributed by atoms with van der Waals surface area (Å²) < 4.78 is 7.73. The monoisotopic (exact) mass is 705 g/mol. The van der Waals surface area contributed by atoms with Crippen molar-refractivity contribution in [3.8, 4) is 28.7 Å². The zero-order valence-electron chi connectivity index (χ0n) is 33.2. The number of rotatable bonds is 12. The molecule has 0 spiro atoms. The van der Waals surface area contributed by atoms with Crippen LogP contribution in [-0.2, 0) is 13.0 Å². The van der Waals surface area contributed by atoms with Crippen molar-refractivity contribution in [1.29, 1.82) is 0 Å². The molecule has 5 heteroatoms. The fourth-order valence-corrected chi connectivity index (χ4v) is 19.6. The lowest BCUT2D eigenvalue weighted by Gasteiger charge is -2.38. The molecule has 0 fully saturated rings. The van der Waals surface area contributed by atoms with E-state index in [4.69, 9.17) is 4.74 Å². The summed E-state index contributed by atoms with van der Waals surface area (Å²) in [5.74, 6) is 8.25. The van der Waals surface area contributed by atoms with Gasteiger partial charge in [0.05, 0.1) is 13.2 Å². The molecule has 4 aromatic rings. The van der Waals surface area contributed by atoms with Crippen LogP contribution in [0.25, 0.3) is 21.8 Å². The summed E-state index contributed by atoms with van der Waals surface area (Å²) in [4.78, 5) is 0. The SMILES string of the molecule is COc1cccc(CCC(O)Cn2c3ccc(C#C[Si](C(C)C)(C(C)C)C(C)C)cc3c3cc(C#C[Si](C(C)C)(C(C)C)C(C)C)ccc32)c1. The molecule has 4 rings (SSSR count). The Morgan fingerprint density at radius 1 is 0.620 bits per heavy atom. The maximum atomic E-state index is 11.4. The standard InChI is InChI=1S/C45H63NO2Si2/c1-31(2)49(32(3)4,33(5)6)25-23-38-18-21-44-42(28-38)43-29-39(24-26-50(34(7)8,35(9)10)36(11)12)19-22-45(43)46(44)30-40(47)20-17-37-15-14-16-41(27-37)48-13/h14-16,18-19,21-22,27-29,31-36,40,47H,17,20,30H2,1-13H3. The van der Waals surface area contributed by atoms with Crippen molar-refractivity contribution >= 4 is 38.0 Å². The molecule has 0 amide bonds. The second-order valence-corrected chi connectivity index (χ2v) is 27.6. The van der Waals surface area contributed by atoms with Crippen LogP contribution in [0.1, 0.15) is 106 Å². The van der Waals surface area contributed by atoms with Gasteiger partial charge in [0.25, 0.3) is 0 Å². The van der Waals surface area contributed by atoms with E-state index >= 15 is 0 Å². The number of hydrogen-bond donors (Lipinski definition) is 1. The van der Waals surface area contributed by atoms with Crippen LogP contribution in [0.5, 0.6) is 5.75 Å². The largest absolute Gasteiger partial charge is 0.497 e. The van der Waals surface area contributed by atoms with Crippen LogP contribution >= 0.6 is 0 Å². The fraction of sp³-hybridized carbons (Fsp3) is 0.511. The quantitative estimate of drug-likeness (QED) is 0.118. The highest BCUT2D eigenvalue weighted by molar-refractivity contribution is 6.91. The summed E-state index contributed by atoms with van der Waals surface area (Å²) in [6.07, 6.45) is 0.957. The average molecular weight is 706 g/mol. The van der Waals surface area contributed by atoms with Crippen LogP contribution in [0.3, 0.4) is 0 Å². The molecule has 1 heterocycles. The van der Waals surface area contributed by atoms with Gasteiger partial charge in [-0.15, -0.1) is 11.1 Å². The lowest BCUT2D eigenvalue weighted by molar-refractivity contribution is 0.147. The van der Waals surface area contributed by atoms with Crippen LogP contribution in [0.2, 0.25) is 33.2 Å². The van der Waals surface area contributed by atoms with E-state index in [0.29, 0.717) is 46.2 Å². The van der Waals surface area contributed by atoms with Gasteiger partial charge >= 0.3 is 0 Å². The van der Waals surface area contributed by atoms with Crippen molar-refractivity contribution in [2.24, 2.45) is 0 Å². The first-order chi connectivity index (χ1) is 23.6. The molecule has 0 aliphatic rings. The van der Waals surface area contributed by atoms with Gasteiger partial charge in [0, 0.05) is 39.5 Å². The summed E-state index contributed by atoms with van der Waals surface area (Å²) in [5.41, 5.74) is 16.9. The Hall–Kier alpha value is -3.23. The number of aliphatic hydroxyl groups excluding tert-OH is 1. The van der Waals surface area contributed by atoms with Crippen molar-refractivity contribution < 1.29 is 9.84 Å². The van der Waals surface area contributed by atoms with Crippen LogP contribution in [0.4, 0.5) is 0 Å². The molecular weight excluding hydrogens is 643 g/mol. The first-order valence-corrected chi connectivity index (χ1v) is 23.5. The minimum Gasteiger partial charge on any atom is -0.497 e. The van der Waals surface area contributed by atoms with Gasteiger partial charge in [-0.3, -0.25) is 0 Å². The Morgan fingerprint density at radius 3 is 1.46 bits per heavy atom. The number of aliphatic hydroxyl groups is 1. The average Bonchev–Trinajstić information content (AvgIpc) is 3.35. The fourth-order valence-electron chi connectivity index (χ4n) is 9.15. The first-order valence-electron chi connectivity index (χ1n) is 19.0. The molecule has 3 nitrogen and oxygen atoms in total. The lowest BCUT2D eigenvalue weighted by Crippen LogP contribution is -2.43. The first kappa shape index (κ1) is 39.6. The topological polar surface area (TPSA) is 34.4 Å². The maximum Gasteiger partial charge on any atom is 0.146 e. The number of ether oxygens (including phenoxy) is 1. The van der Waals surface area contributed by atoms with E-state index in [0.717, 1.165) is 34.3 Å². The van der Waals surface area contributed by atoms with Gasteiger partial charge in [0.2, 0.25) is 0 Å². The van der Waals surface area contributed by atoms with Crippen molar-refractivity contribution in [2.45, 2.75) is 142 Å². The molecule has 1 N–H and O–H groups in total. The van der Waals surface area contributed by atoms with Gasteiger partial charge in [-0.05, 0) is 100 Å². The maximum absolute atomic E-state index is 11.4. The summed E-state index contributed by atoms with van der Waals surface area (Å²) in [6, 6.07) is 21.5. The number of benzene rings is 3. The van der Waals surface area contributed by atoms with E-state index in [9.17, 15) is 5.11 Å². The van der Waals surface area contributed by atoms with E-state index < -0.39 is 22.3 Å². The third kappa shape index (κ3) is 7.97. The Kier molecular flexibility index (Phi) is 13.0. The number of nitrogens with zero attached hydrogens (tertiary/aromatic N) is 1. The zero-order valence-corrected chi connectivity index (χ0v) is 35.2. The van der Waals surface area contributed by atoms with Gasteiger partial charge in [0.1, 0.15) is 21.9 Å². The molecule has 0 aliphatic heterocycles. The highest BCUT2D eigenvalue weighted by atomic mass is 28.3. The van der Waals surface area contributed by atoms with Crippen LogP contribution in [-0.4, -0.2) is 39.0 Å². The minimum absolute atomic E-state index is 0.497. The molecule has 1 unspecified atom stereocenters. The zero-order chi connectivity index (χ0) is 37.0. The van der Waals surface area contributed by atoms with E-state index in [-0.39, 0.29) is 0 Å². The third-order valence-corrected chi connectivity index (χ3v) is 24.3. The van der Waals surface area contributed by atoms with E-state index in [2.05, 4.69) is 159 Å². The Labute approximate surface area is 306 Å². The molecule has 0 aliphatic carbocycles. The molecular formula is C45H63NO2Si2. The minimum atomic E-state index is -1.88. The summed E-state index contributed by atoms with van der Waals surface area (Å²) in [7, 11) is -2.06. The van der Waals surface area contributed by atoms with E-state index in [1.54, 1.807) is 7.11 Å². The van der Waals surface area contributed by atoms with E-state index in [1.165, 1.54) is 16.3 Å². The second-order valence-electron chi connectivity index (χ2n) is 16.4. The molecule has 0 saturated heterocycles. The van der Waals surface area contributed by atoms with Gasteiger partial charge in [-0.1, -0.05) is 107 Å². The molecule has 1 aromatic heterocycles. The second kappa shape index (κ2) is 16.4. The third-order valence-electron chi connectivity index (χ3n) is 11.7. The van der Waals surface area contributed by atoms with E-state index in [1.807, 2.05) is 12.1 Å². The number of aromatic nitrogens is 1. The summed E-state index contributed by atoms with van der Waals surface area (Å²) >= 11 is 0. The van der Waals surface area contributed by atoms with Gasteiger partial charge < -0.3 is 14.4 Å². The number of aryl methyl sites for hydroxylation is 1. The summed E-state index contributed by atoms with van der Waals surface area (Å²) in [5, 5.41) is 13.8. The molecule has 0 saturated carbocycles. The number of methoxy groups -OCH3 is 1. The lowest BCUT2D eigenvalue weighted by atomic mass is 10.1. The predicted octanol–water partition coefficient (Wildman–Crippen LogP) is 11.9. The molecule has 1 atom stereocenters. The summed E-state index contributed by atoms with van der Waals surface area (Å²) in [6.45, 7) is 29.0. The molecule has 3 aromatic carbocycles. The smallest absolute Gasteiger partial charge is 0.146 e. The van der Waals surface area contributed by atoms with Crippen LogP contribution < -0.4 is 4.74 Å². The molecule has 0 bridgehead atoms. The highest BCUT2D eigenvalue weighted by Gasteiger charge is 2.42. The van der Waals surface area contributed by atoms with Crippen LogP contribution in [0, 0.1) is 22.9 Å². The van der Waals surface area contributed by atoms with Crippen molar-refractivity contribution in [3.05, 3.63) is 77.4 Å². The van der Waals surface area contributed by atoms with Crippen molar-refractivity contribution in [2.75, 3.05) is 7.11 Å². The van der Waals surface area contributed by atoms with Crippen LogP contribution in [0.15, 0.2) is 60.7 Å². The Bertz CT molecular complexity index is 1740. The predicted molar refractivity (Wildman–Crippen MR) is 223 cm³/mol. The normalized spacial score (nSPS) is 13.1. The van der Waals surface area contributed by atoms with Crippen molar-refractivity contribution in [3.63, 3.8) is 0 Å². The Balaban J connectivity index is 1.84. The number of hydrogen-bond acceptors (Lipinski definition) is 2.